The fourth-order valence-corrected chi connectivity index (χ4v) is 2.64. The van der Waals surface area contributed by atoms with Gasteiger partial charge in [0.2, 0.25) is 0 Å². The molecule has 0 unspecified atom stereocenters. The zero-order chi connectivity index (χ0) is 14.5. The molecular formula is C15H24FN3O. The maximum Gasteiger partial charge on any atom is 0.148 e. The van der Waals surface area contributed by atoms with Gasteiger partial charge in [-0.25, -0.2) is 4.39 Å². The zero-order valence-corrected chi connectivity index (χ0v) is 12.3. The number of ether oxygens (including phenoxy) is 1. The molecule has 0 saturated carbocycles. The smallest absolute Gasteiger partial charge is 0.148 e. The number of piperidine rings is 1. The third-order valence-electron chi connectivity index (χ3n) is 4.05. The lowest BCUT2D eigenvalue weighted by atomic mass is 9.97. The predicted molar refractivity (Wildman–Crippen MR) is 80.7 cm³/mol. The van der Waals surface area contributed by atoms with Crippen LogP contribution >= 0.6 is 0 Å². The van der Waals surface area contributed by atoms with Crippen LogP contribution in [-0.4, -0.2) is 38.2 Å². The molecule has 1 aromatic carbocycles. The van der Waals surface area contributed by atoms with E-state index in [1.165, 1.54) is 13.2 Å². The summed E-state index contributed by atoms with van der Waals surface area (Å²) < 4.78 is 19.0. The Morgan fingerprint density at radius 2 is 2.10 bits per heavy atom. The largest absolute Gasteiger partial charge is 0.495 e. The van der Waals surface area contributed by atoms with Gasteiger partial charge in [0, 0.05) is 18.7 Å². The van der Waals surface area contributed by atoms with Gasteiger partial charge in [-0.05, 0) is 38.4 Å². The lowest BCUT2D eigenvalue weighted by Gasteiger charge is -2.31. The van der Waals surface area contributed by atoms with E-state index in [0.717, 1.165) is 39.0 Å². The molecule has 0 radical (unpaired) electrons. The molecule has 1 aromatic rings. The van der Waals surface area contributed by atoms with Crippen LogP contribution < -0.4 is 15.8 Å². The minimum Gasteiger partial charge on any atom is -0.495 e. The molecule has 0 aromatic heterocycles. The van der Waals surface area contributed by atoms with E-state index in [4.69, 9.17) is 10.5 Å². The summed E-state index contributed by atoms with van der Waals surface area (Å²) >= 11 is 0. The molecule has 0 spiro atoms. The minimum atomic E-state index is -0.325. The van der Waals surface area contributed by atoms with Gasteiger partial charge >= 0.3 is 0 Å². The van der Waals surface area contributed by atoms with Crippen LogP contribution in [0.25, 0.3) is 0 Å². The Morgan fingerprint density at radius 3 is 2.70 bits per heavy atom. The molecule has 0 aliphatic carbocycles. The van der Waals surface area contributed by atoms with Crippen LogP contribution in [0, 0.1) is 11.7 Å². The second-order valence-electron chi connectivity index (χ2n) is 5.33. The second kappa shape index (κ2) is 6.79. The predicted octanol–water partition coefficient (Wildman–Crippen LogP) is 2.56. The van der Waals surface area contributed by atoms with Gasteiger partial charge in [0.1, 0.15) is 11.6 Å². The highest BCUT2D eigenvalue weighted by molar-refractivity contribution is 5.62. The summed E-state index contributed by atoms with van der Waals surface area (Å²) in [5, 5.41) is 3.19. The van der Waals surface area contributed by atoms with E-state index in [9.17, 15) is 4.39 Å². The van der Waals surface area contributed by atoms with E-state index < -0.39 is 0 Å². The van der Waals surface area contributed by atoms with Crippen molar-refractivity contribution in [2.75, 3.05) is 44.3 Å². The Kier molecular flexibility index (Phi) is 5.06. The highest BCUT2D eigenvalue weighted by atomic mass is 19.1. The van der Waals surface area contributed by atoms with Gasteiger partial charge in [0.25, 0.3) is 0 Å². The summed E-state index contributed by atoms with van der Waals surface area (Å²) in [5.41, 5.74) is 6.46. The summed E-state index contributed by atoms with van der Waals surface area (Å²) in [5.74, 6) is 0.782. The van der Waals surface area contributed by atoms with Crippen LogP contribution in [0.2, 0.25) is 0 Å². The third-order valence-corrected chi connectivity index (χ3v) is 4.05. The number of nitrogen functional groups attached to an aromatic ring is 1. The van der Waals surface area contributed by atoms with Crippen molar-refractivity contribution in [1.29, 1.82) is 0 Å². The number of anilines is 2. The monoisotopic (exact) mass is 281 g/mol. The van der Waals surface area contributed by atoms with Gasteiger partial charge in [-0.3, -0.25) is 0 Å². The van der Waals surface area contributed by atoms with Gasteiger partial charge in [-0.2, -0.15) is 0 Å². The van der Waals surface area contributed by atoms with Crippen LogP contribution in [-0.2, 0) is 0 Å². The fraction of sp³-hybridized carbons (Fsp3) is 0.600. The van der Waals surface area contributed by atoms with Crippen molar-refractivity contribution >= 4 is 11.4 Å². The molecule has 5 heteroatoms. The third kappa shape index (κ3) is 3.54. The molecule has 20 heavy (non-hydrogen) atoms. The van der Waals surface area contributed by atoms with Crippen molar-refractivity contribution in [3.8, 4) is 5.75 Å². The van der Waals surface area contributed by atoms with E-state index in [-0.39, 0.29) is 5.82 Å². The van der Waals surface area contributed by atoms with E-state index >= 15 is 0 Å². The normalized spacial score (nSPS) is 17.1. The van der Waals surface area contributed by atoms with Gasteiger partial charge < -0.3 is 20.7 Å². The Hall–Kier alpha value is -1.49. The number of hydrogen-bond donors (Lipinski definition) is 2. The van der Waals surface area contributed by atoms with E-state index in [2.05, 4.69) is 17.1 Å². The lowest BCUT2D eigenvalue weighted by molar-refractivity contribution is 0.198. The number of nitrogens with one attached hydrogen (secondary N) is 1. The Morgan fingerprint density at radius 1 is 1.40 bits per heavy atom. The molecule has 1 aliphatic rings. The highest BCUT2D eigenvalue weighted by Crippen LogP contribution is 2.28. The van der Waals surface area contributed by atoms with Gasteiger partial charge in [0.05, 0.1) is 18.5 Å². The molecule has 1 saturated heterocycles. The van der Waals surface area contributed by atoms with Gasteiger partial charge in [-0.15, -0.1) is 0 Å². The number of nitrogens with two attached hydrogens (primary N) is 1. The molecule has 1 aliphatic heterocycles. The first-order chi connectivity index (χ1) is 9.63. The number of hydrogen-bond acceptors (Lipinski definition) is 4. The molecular weight excluding hydrogens is 257 g/mol. The van der Waals surface area contributed by atoms with Gasteiger partial charge in [-0.1, -0.05) is 6.92 Å². The van der Waals surface area contributed by atoms with Crippen molar-refractivity contribution in [3.63, 3.8) is 0 Å². The van der Waals surface area contributed by atoms with Crippen LogP contribution in [0.5, 0.6) is 5.75 Å². The molecule has 1 heterocycles. The summed E-state index contributed by atoms with van der Waals surface area (Å²) in [7, 11) is 1.54. The molecule has 0 atom stereocenters. The molecule has 112 valence electrons. The van der Waals surface area contributed by atoms with E-state index in [1.54, 1.807) is 6.07 Å². The quantitative estimate of drug-likeness (QED) is 0.814. The Bertz CT molecular complexity index is 445. The van der Waals surface area contributed by atoms with Crippen LogP contribution in [0.4, 0.5) is 15.8 Å². The second-order valence-corrected chi connectivity index (χ2v) is 5.33. The number of nitrogens with zero attached hydrogens (tertiary/aromatic N) is 1. The van der Waals surface area contributed by atoms with Crippen molar-refractivity contribution in [3.05, 3.63) is 17.9 Å². The van der Waals surface area contributed by atoms with Crippen molar-refractivity contribution in [2.45, 2.75) is 19.8 Å². The molecule has 0 bridgehead atoms. The summed E-state index contributed by atoms with van der Waals surface area (Å²) in [6.45, 7) is 6.37. The van der Waals surface area contributed by atoms with Crippen LogP contribution in [0.3, 0.4) is 0 Å². The number of benzene rings is 1. The van der Waals surface area contributed by atoms with Crippen LogP contribution in [0.15, 0.2) is 12.1 Å². The number of likely N-dealkylation sites (tertiary alicyclic amines) is 1. The Balaban J connectivity index is 1.91. The topological polar surface area (TPSA) is 50.5 Å². The van der Waals surface area contributed by atoms with Crippen molar-refractivity contribution < 1.29 is 9.13 Å². The zero-order valence-electron chi connectivity index (χ0n) is 12.3. The maximum atomic E-state index is 13.8. The summed E-state index contributed by atoms with van der Waals surface area (Å²) in [6.07, 6.45) is 2.32. The first-order valence-electron chi connectivity index (χ1n) is 7.23. The average molecular weight is 281 g/mol. The van der Waals surface area contributed by atoms with Crippen molar-refractivity contribution in [1.82, 2.24) is 4.90 Å². The van der Waals surface area contributed by atoms with Crippen LogP contribution in [0.1, 0.15) is 19.8 Å². The summed E-state index contributed by atoms with van der Waals surface area (Å²) in [6, 6.07) is 2.94. The minimum absolute atomic E-state index is 0.325. The number of halogens is 1. The molecule has 1 fully saturated rings. The maximum absolute atomic E-state index is 13.8. The Labute approximate surface area is 120 Å². The molecule has 3 N–H and O–H groups in total. The number of rotatable bonds is 5. The SMILES string of the molecule is CCN1CCC(CNc2cc(OC)c(N)cc2F)CC1. The summed E-state index contributed by atoms with van der Waals surface area (Å²) in [4.78, 5) is 2.45. The van der Waals surface area contributed by atoms with Crippen molar-refractivity contribution in [2.24, 2.45) is 5.92 Å². The van der Waals surface area contributed by atoms with E-state index in [1.807, 2.05) is 0 Å². The molecule has 4 nitrogen and oxygen atoms in total. The standard InChI is InChI=1S/C15H24FN3O/c1-3-19-6-4-11(5-7-19)10-18-14-9-15(20-2)13(17)8-12(14)16/h8-9,11,18H,3-7,10,17H2,1-2H3. The first-order valence-corrected chi connectivity index (χ1v) is 7.23. The van der Waals surface area contributed by atoms with Gasteiger partial charge in [0.15, 0.2) is 0 Å². The first kappa shape index (κ1) is 14.9. The molecule has 0 amide bonds. The molecule has 2 rings (SSSR count). The van der Waals surface area contributed by atoms with E-state index in [0.29, 0.717) is 23.0 Å². The number of methoxy groups -OCH3 is 1. The highest BCUT2D eigenvalue weighted by Gasteiger charge is 2.18. The lowest BCUT2D eigenvalue weighted by Crippen LogP contribution is -2.35. The fourth-order valence-electron chi connectivity index (χ4n) is 2.64. The average Bonchev–Trinajstić information content (AvgIpc) is 2.47.